The normalized spacial score (nSPS) is 13.0. The molecule has 3 aromatic carbocycles. The fraction of sp³-hybridized carbons (Fsp3) is 0.200. The quantitative estimate of drug-likeness (QED) is 0.315. The zero-order valence-corrected chi connectivity index (χ0v) is 16.4. The largest absolute Gasteiger partial charge is 0.247 e. The lowest BCUT2D eigenvalue weighted by molar-refractivity contribution is 0.310. The summed E-state index contributed by atoms with van der Waals surface area (Å²) in [4.78, 5) is 0. The lowest BCUT2D eigenvalue weighted by atomic mass is 9.99. The summed E-state index contributed by atoms with van der Waals surface area (Å²) in [5.41, 5.74) is 3.79. The number of alkyl halides is 1. The minimum absolute atomic E-state index is 0.343. The van der Waals surface area contributed by atoms with Crippen molar-refractivity contribution in [2.24, 2.45) is 10.2 Å². The SMILES string of the molecule is CCCC(F)Cc1ccc(C(=NN=Cc2ccccc2F)c2ccccc2)cc1. The van der Waals surface area contributed by atoms with Crippen molar-refractivity contribution >= 4 is 11.9 Å². The van der Waals surface area contributed by atoms with Gasteiger partial charge < -0.3 is 0 Å². The second-order valence-electron chi connectivity index (χ2n) is 6.87. The van der Waals surface area contributed by atoms with E-state index in [1.54, 1.807) is 18.2 Å². The smallest absolute Gasteiger partial charge is 0.132 e. The van der Waals surface area contributed by atoms with Crippen molar-refractivity contribution in [3.05, 3.63) is 107 Å². The first-order valence-electron chi connectivity index (χ1n) is 9.81. The van der Waals surface area contributed by atoms with Gasteiger partial charge in [-0.05, 0) is 18.1 Å². The Hall–Kier alpha value is -3.14. The van der Waals surface area contributed by atoms with Gasteiger partial charge in [-0.2, -0.15) is 5.10 Å². The van der Waals surface area contributed by atoms with Crippen LogP contribution in [0.3, 0.4) is 0 Å². The summed E-state index contributed by atoms with van der Waals surface area (Å²) in [6, 6.07) is 23.8. The molecule has 1 unspecified atom stereocenters. The Morgan fingerprint density at radius 2 is 1.55 bits per heavy atom. The molecule has 1 atom stereocenters. The molecule has 2 nitrogen and oxygen atoms in total. The average molecular weight is 390 g/mol. The fourth-order valence-electron chi connectivity index (χ4n) is 3.08. The number of hydrogen-bond acceptors (Lipinski definition) is 2. The molecule has 0 saturated carbocycles. The third-order valence-corrected chi connectivity index (χ3v) is 4.59. The predicted molar refractivity (Wildman–Crippen MR) is 116 cm³/mol. The van der Waals surface area contributed by atoms with Crippen LogP contribution in [0.5, 0.6) is 0 Å². The molecule has 0 aromatic heterocycles. The fourth-order valence-corrected chi connectivity index (χ4v) is 3.08. The van der Waals surface area contributed by atoms with Gasteiger partial charge in [-0.1, -0.05) is 86.1 Å². The molecule has 0 aliphatic heterocycles. The molecule has 0 radical (unpaired) electrons. The van der Waals surface area contributed by atoms with Gasteiger partial charge in [-0.15, -0.1) is 5.10 Å². The maximum absolute atomic E-state index is 13.9. The molecule has 4 heteroatoms. The summed E-state index contributed by atoms with van der Waals surface area (Å²) in [5.74, 6) is -0.343. The Morgan fingerprint density at radius 1 is 0.897 bits per heavy atom. The molecule has 29 heavy (non-hydrogen) atoms. The van der Waals surface area contributed by atoms with Gasteiger partial charge in [0.05, 0.1) is 6.21 Å². The molecule has 3 rings (SSSR count). The van der Waals surface area contributed by atoms with E-state index in [2.05, 4.69) is 10.2 Å². The zero-order valence-electron chi connectivity index (χ0n) is 16.4. The minimum atomic E-state index is -0.821. The van der Waals surface area contributed by atoms with Crippen LogP contribution in [0, 0.1) is 5.82 Å². The lowest BCUT2D eigenvalue weighted by Gasteiger charge is -2.09. The second kappa shape index (κ2) is 10.4. The van der Waals surface area contributed by atoms with Crippen LogP contribution in [0.4, 0.5) is 8.78 Å². The summed E-state index contributed by atoms with van der Waals surface area (Å²) in [7, 11) is 0. The van der Waals surface area contributed by atoms with Gasteiger partial charge in [-0.3, -0.25) is 0 Å². The zero-order chi connectivity index (χ0) is 20.5. The molecule has 0 bridgehead atoms. The highest BCUT2D eigenvalue weighted by atomic mass is 19.1. The Balaban J connectivity index is 1.87. The number of hydrogen-bond donors (Lipinski definition) is 0. The van der Waals surface area contributed by atoms with Crippen molar-refractivity contribution in [3.8, 4) is 0 Å². The monoisotopic (exact) mass is 390 g/mol. The van der Waals surface area contributed by atoms with Crippen molar-refractivity contribution in [1.29, 1.82) is 0 Å². The van der Waals surface area contributed by atoms with Crippen LogP contribution >= 0.6 is 0 Å². The topological polar surface area (TPSA) is 24.7 Å². The molecular formula is C25H24F2N2. The highest BCUT2D eigenvalue weighted by molar-refractivity contribution is 6.13. The van der Waals surface area contributed by atoms with Crippen LogP contribution in [0.15, 0.2) is 89.1 Å². The molecule has 0 fully saturated rings. The predicted octanol–water partition coefficient (Wildman–Crippen LogP) is 6.38. The van der Waals surface area contributed by atoms with Crippen molar-refractivity contribution in [2.45, 2.75) is 32.4 Å². The molecule has 148 valence electrons. The van der Waals surface area contributed by atoms with E-state index in [0.717, 1.165) is 23.1 Å². The summed E-state index contributed by atoms with van der Waals surface area (Å²) in [5, 5.41) is 8.48. The minimum Gasteiger partial charge on any atom is -0.247 e. The van der Waals surface area contributed by atoms with E-state index in [1.807, 2.05) is 61.5 Å². The first-order valence-corrected chi connectivity index (χ1v) is 9.81. The van der Waals surface area contributed by atoms with E-state index in [-0.39, 0.29) is 5.82 Å². The summed E-state index contributed by atoms with van der Waals surface area (Å²) < 4.78 is 27.7. The molecule has 0 saturated heterocycles. The first-order chi connectivity index (χ1) is 14.2. The molecule has 0 spiro atoms. The number of halogens is 2. The van der Waals surface area contributed by atoms with Crippen LogP contribution < -0.4 is 0 Å². The van der Waals surface area contributed by atoms with Gasteiger partial charge in [0, 0.05) is 23.1 Å². The summed E-state index contributed by atoms with van der Waals surface area (Å²) in [6.45, 7) is 1.99. The van der Waals surface area contributed by atoms with Gasteiger partial charge >= 0.3 is 0 Å². The van der Waals surface area contributed by atoms with E-state index in [9.17, 15) is 8.78 Å². The van der Waals surface area contributed by atoms with Crippen LogP contribution in [0.25, 0.3) is 0 Å². The van der Waals surface area contributed by atoms with Gasteiger partial charge in [0.1, 0.15) is 17.7 Å². The van der Waals surface area contributed by atoms with Crippen LogP contribution in [-0.2, 0) is 6.42 Å². The van der Waals surface area contributed by atoms with E-state index in [1.165, 1.54) is 12.3 Å². The average Bonchev–Trinajstić information content (AvgIpc) is 2.74. The van der Waals surface area contributed by atoms with E-state index >= 15 is 0 Å². The Kier molecular flexibility index (Phi) is 7.40. The van der Waals surface area contributed by atoms with Gasteiger partial charge in [0.2, 0.25) is 0 Å². The Bertz CT molecular complexity index is 964. The van der Waals surface area contributed by atoms with Crippen LogP contribution in [0.1, 0.15) is 42.0 Å². The van der Waals surface area contributed by atoms with E-state index in [0.29, 0.717) is 24.1 Å². The molecule has 0 aliphatic rings. The lowest BCUT2D eigenvalue weighted by Crippen LogP contribution is -2.06. The molecule has 0 heterocycles. The van der Waals surface area contributed by atoms with Gasteiger partial charge in [-0.25, -0.2) is 8.78 Å². The number of benzene rings is 3. The summed E-state index contributed by atoms with van der Waals surface area (Å²) >= 11 is 0. The first kappa shape index (κ1) is 20.6. The van der Waals surface area contributed by atoms with E-state index in [4.69, 9.17) is 0 Å². The highest BCUT2D eigenvalue weighted by Crippen LogP contribution is 2.16. The molecule has 0 N–H and O–H groups in total. The number of nitrogens with zero attached hydrogens (tertiary/aromatic N) is 2. The van der Waals surface area contributed by atoms with E-state index < -0.39 is 6.17 Å². The van der Waals surface area contributed by atoms with Gasteiger partial charge in [0.15, 0.2) is 0 Å². The standard InChI is InChI=1S/C25H24F2N2/c1-2-8-23(26)17-19-13-15-21(16-14-19)25(20-9-4-3-5-10-20)29-28-18-22-11-6-7-12-24(22)27/h3-7,9-16,18,23H,2,8,17H2,1H3. The van der Waals surface area contributed by atoms with Crippen molar-refractivity contribution < 1.29 is 8.78 Å². The molecule has 0 aliphatic carbocycles. The number of rotatable bonds is 8. The van der Waals surface area contributed by atoms with Gasteiger partial charge in [0.25, 0.3) is 0 Å². The molecule has 0 amide bonds. The Morgan fingerprint density at radius 3 is 2.24 bits per heavy atom. The van der Waals surface area contributed by atoms with Crippen molar-refractivity contribution in [1.82, 2.24) is 0 Å². The van der Waals surface area contributed by atoms with Crippen molar-refractivity contribution in [3.63, 3.8) is 0 Å². The van der Waals surface area contributed by atoms with Crippen LogP contribution in [-0.4, -0.2) is 18.1 Å². The molecular weight excluding hydrogens is 366 g/mol. The van der Waals surface area contributed by atoms with Crippen LogP contribution in [0.2, 0.25) is 0 Å². The van der Waals surface area contributed by atoms with Crippen molar-refractivity contribution in [2.75, 3.05) is 0 Å². The Labute approximate surface area is 170 Å². The molecule has 3 aromatic rings. The highest BCUT2D eigenvalue weighted by Gasteiger charge is 2.10. The second-order valence-corrected chi connectivity index (χ2v) is 6.87. The third kappa shape index (κ3) is 5.92. The third-order valence-electron chi connectivity index (χ3n) is 4.59. The maximum atomic E-state index is 13.9. The maximum Gasteiger partial charge on any atom is 0.132 e. The summed E-state index contributed by atoms with van der Waals surface area (Å²) in [6.07, 6.45) is 2.41.